The Morgan fingerprint density at radius 1 is 1.12 bits per heavy atom. The molecule has 2 N–H and O–H groups in total. The molecule has 0 saturated carbocycles. The van der Waals surface area contributed by atoms with Crippen LogP contribution in [0, 0.1) is 35.8 Å². The molecule has 0 aliphatic carbocycles. The molecule has 0 spiro atoms. The molecule has 0 unspecified atom stereocenters. The Hall–Kier alpha value is -3.22. The van der Waals surface area contributed by atoms with Crippen molar-refractivity contribution in [2.24, 2.45) is 0 Å². The van der Waals surface area contributed by atoms with Gasteiger partial charge < -0.3 is 10.6 Å². The van der Waals surface area contributed by atoms with Crippen molar-refractivity contribution in [3.8, 4) is 11.5 Å². The molecule has 0 saturated heterocycles. The zero-order valence-electron chi connectivity index (χ0n) is 13.8. The van der Waals surface area contributed by atoms with Crippen molar-refractivity contribution in [1.82, 2.24) is 0 Å². The molecule has 0 radical (unpaired) electrons. The normalized spacial score (nSPS) is 10.5. The highest BCUT2D eigenvalue weighted by molar-refractivity contribution is 8.03. The molecule has 2 aromatic carbocycles. The Morgan fingerprint density at radius 3 is 2.44 bits per heavy atom. The number of thiocyanates is 1. The van der Waals surface area contributed by atoms with Crippen LogP contribution >= 0.6 is 11.8 Å². The van der Waals surface area contributed by atoms with Crippen molar-refractivity contribution in [2.75, 3.05) is 10.6 Å². The molecule has 0 fully saturated rings. The molecule has 25 heavy (non-hydrogen) atoms. The molecule has 2 aromatic rings. The lowest BCUT2D eigenvalue weighted by atomic mass is 10.1. The predicted octanol–water partition coefficient (Wildman–Crippen LogP) is 4.33. The van der Waals surface area contributed by atoms with Crippen LogP contribution in [0.1, 0.15) is 11.1 Å². The highest BCUT2D eigenvalue weighted by Crippen LogP contribution is 2.19. The number of carbonyl (C=O) groups is 1. The van der Waals surface area contributed by atoms with E-state index >= 15 is 0 Å². The number of carbonyl (C=O) groups excluding carboxylic acids is 1. The second-order valence-electron chi connectivity index (χ2n) is 5.30. The van der Waals surface area contributed by atoms with Crippen LogP contribution in [0.15, 0.2) is 59.1 Å². The summed E-state index contributed by atoms with van der Waals surface area (Å²) in [6.45, 7) is 3.88. The maximum atomic E-state index is 12.3. The van der Waals surface area contributed by atoms with Gasteiger partial charge in [0.05, 0.1) is 0 Å². The molecule has 0 aliphatic rings. The Balaban J connectivity index is 2.07. The third-order valence-electron chi connectivity index (χ3n) is 3.40. The lowest BCUT2D eigenvalue weighted by molar-refractivity contribution is -0.112. The van der Waals surface area contributed by atoms with Crippen LogP contribution in [-0.2, 0) is 4.79 Å². The molecule has 124 valence electrons. The largest absolute Gasteiger partial charge is 0.360 e. The Morgan fingerprint density at radius 2 is 1.84 bits per heavy atom. The number of benzene rings is 2. The summed E-state index contributed by atoms with van der Waals surface area (Å²) in [6.07, 6.45) is 1.37. The topological polar surface area (TPSA) is 88.7 Å². The quantitative estimate of drug-likeness (QED) is 0.363. The molecule has 5 nitrogen and oxygen atoms in total. The predicted molar refractivity (Wildman–Crippen MR) is 99.8 cm³/mol. The second kappa shape index (κ2) is 8.58. The third-order valence-corrected chi connectivity index (χ3v) is 4.00. The number of aryl methyl sites for hydroxylation is 2. The van der Waals surface area contributed by atoms with Crippen LogP contribution in [0.5, 0.6) is 0 Å². The number of thioether (sulfide) groups is 1. The van der Waals surface area contributed by atoms with Gasteiger partial charge in [-0.1, -0.05) is 17.7 Å². The smallest absolute Gasteiger partial charge is 0.267 e. The van der Waals surface area contributed by atoms with E-state index in [1.165, 1.54) is 6.20 Å². The Bertz CT molecular complexity index is 889. The molecule has 0 atom stereocenters. The number of hydrogen-bond donors (Lipinski definition) is 2. The van der Waals surface area contributed by atoms with Crippen LogP contribution < -0.4 is 10.6 Å². The van der Waals surface area contributed by atoms with E-state index in [0.717, 1.165) is 27.8 Å². The van der Waals surface area contributed by atoms with Gasteiger partial charge in [-0.2, -0.15) is 10.5 Å². The van der Waals surface area contributed by atoms with Gasteiger partial charge in [0.25, 0.3) is 5.91 Å². The maximum Gasteiger partial charge on any atom is 0.267 e. The van der Waals surface area contributed by atoms with Crippen LogP contribution in [-0.4, -0.2) is 5.91 Å². The fourth-order valence-corrected chi connectivity index (χ4v) is 2.50. The number of nitrogens with zero attached hydrogens (tertiary/aromatic N) is 2. The van der Waals surface area contributed by atoms with Crippen molar-refractivity contribution in [3.63, 3.8) is 0 Å². The fraction of sp³-hybridized carbons (Fsp3) is 0.105. The second-order valence-corrected chi connectivity index (χ2v) is 6.16. The van der Waals surface area contributed by atoms with E-state index in [0.29, 0.717) is 11.4 Å². The van der Waals surface area contributed by atoms with Crippen LogP contribution in [0.3, 0.4) is 0 Å². The van der Waals surface area contributed by atoms with Gasteiger partial charge in [0, 0.05) is 22.5 Å². The van der Waals surface area contributed by atoms with Crippen molar-refractivity contribution in [2.45, 2.75) is 18.7 Å². The van der Waals surface area contributed by atoms with Crippen molar-refractivity contribution in [3.05, 3.63) is 65.4 Å². The van der Waals surface area contributed by atoms with Crippen molar-refractivity contribution in [1.29, 1.82) is 10.5 Å². The zero-order valence-corrected chi connectivity index (χ0v) is 14.6. The fourth-order valence-electron chi connectivity index (χ4n) is 2.12. The summed E-state index contributed by atoms with van der Waals surface area (Å²) in [5.41, 5.74) is 3.40. The minimum atomic E-state index is -0.474. The lowest BCUT2D eigenvalue weighted by Gasteiger charge is -2.09. The molecule has 0 bridgehead atoms. The van der Waals surface area contributed by atoms with E-state index in [1.54, 1.807) is 24.3 Å². The van der Waals surface area contributed by atoms with E-state index in [2.05, 4.69) is 10.6 Å². The molecular weight excluding hydrogens is 332 g/mol. The van der Waals surface area contributed by atoms with E-state index in [-0.39, 0.29) is 5.57 Å². The average Bonchev–Trinajstić information content (AvgIpc) is 2.59. The monoisotopic (exact) mass is 348 g/mol. The average molecular weight is 348 g/mol. The van der Waals surface area contributed by atoms with Gasteiger partial charge in [-0.3, -0.25) is 4.79 Å². The van der Waals surface area contributed by atoms with Gasteiger partial charge in [-0.25, -0.2) is 0 Å². The van der Waals surface area contributed by atoms with Gasteiger partial charge in [0.1, 0.15) is 17.0 Å². The van der Waals surface area contributed by atoms with Crippen molar-refractivity contribution < 1.29 is 4.79 Å². The van der Waals surface area contributed by atoms with E-state index < -0.39 is 5.91 Å². The summed E-state index contributed by atoms with van der Waals surface area (Å²) < 4.78 is 0. The summed E-state index contributed by atoms with van der Waals surface area (Å²) in [6, 6.07) is 14.7. The van der Waals surface area contributed by atoms with E-state index in [9.17, 15) is 10.1 Å². The molecule has 2 rings (SSSR count). The van der Waals surface area contributed by atoms with Crippen LogP contribution in [0.25, 0.3) is 0 Å². The summed E-state index contributed by atoms with van der Waals surface area (Å²) in [7, 11) is 0. The third kappa shape index (κ3) is 5.13. The van der Waals surface area contributed by atoms with Crippen molar-refractivity contribution >= 4 is 29.0 Å². The first kappa shape index (κ1) is 18.1. The highest BCUT2D eigenvalue weighted by Gasteiger charge is 2.10. The first-order valence-corrected chi connectivity index (χ1v) is 8.26. The van der Waals surface area contributed by atoms with Gasteiger partial charge in [-0.05, 0) is 61.5 Å². The molecule has 6 heteroatoms. The SMILES string of the molecule is Cc1ccc(NC(=O)/C(C#N)=C\Nc2ccc(SC#N)cc2)c(C)c1. The Labute approximate surface area is 151 Å². The maximum absolute atomic E-state index is 12.3. The summed E-state index contributed by atoms with van der Waals surface area (Å²) in [4.78, 5) is 13.1. The van der Waals surface area contributed by atoms with Crippen LogP contribution in [0.2, 0.25) is 0 Å². The highest BCUT2D eigenvalue weighted by atomic mass is 32.2. The number of nitriles is 2. The van der Waals surface area contributed by atoms with Gasteiger partial charge in [-0.15, -0.1) is 0 Å². The number of amides is 1. The number of rotatable bonds is 5. The van der Waals surface area contributed by atoms with Gasteiger partial charge >= 0.3 is 0 Å². The summed E-state index contributed by atoms with van der Waals surface area (Å²) >= 11 is 1.07. The summed E-state index contributed by atoms with van der Waals surface area (Å²) in [5.74, 6) is -0.474. The molecule has 0 heterocycles. The van der Waals surface area contributed by atoms with Crippen LogP contribution in [0.4, 0.5) is 11.4 Å². The van der Waals surface area contributed by atoms with Gasteiger partial charge in [0.2, 0.25) is 0 Å². The molecular formula is C19H16N4OS. The Kier molecular flexibility index (Phi) is 6.22. The summed E-state index contributed by atoms with van der Waals surface area (Å²) in [5, 5.41) is 25.5. The first-order valence-electron chi connectivity index (χ1n) is 7.45. The lowest BCUT2D eigenvalue weighted by Crippen LogP contribution is -2.15. The standard InChI is InChI=1S/C19H16N4OS/c1-13-3-8-18(14(2)9-13)23-19(24)15(10-20)11-22-16-4-6-17(7-5-16)25-12-21/h3-9,11,22H,1-2H3,(H,23,24)/b15-11-. The van der Waals surface area contributed by atoms with E-state index in [1.807, 2.05) is 43.5 Å². The molecule has 0 aromatic heterocycles. The minimum Gasteiger partial charge on any atom is -0.360 e. The van der Waals surface area contributed by atoms with E-state index in [4.69, 9.17) is 5.26 Å². The van der Waals surface area contributed by atoms with Gasteiger partial charge in [0.15, 0.2) is 0 Å². The first-order chi connectivity index (χ1) is 12.0. The number of hydrogen-bond acceptors (Lipinski definition) is 5. The molecule has 1 amide bonds. The molecule has 0 aliphatic heterocycles. The zero-order chi connectivity index (χ0) is 18.2. The minimum absolute atomic E-state index is 0.0320. The number of nitrogens with one attached hydrogen (secondary N) is 2. The number of anilines is 2.